The average molecular weight is 374 g/mol. The van der Waals surface area contributed by atoms with Gasteiger partial charge in [-0.25, -0.2) is 13.1 Å². The van der Waals surface area contributed by atoms with Gasteiger partial charge in [0.25, 0.3) is 0 Å². The maximum atomic E-state index is 12.5. The number of nitrogen functional groups attached to an aromatic ring is 1. The summed E-state index contributed by atoms with van der Waals surface area (Å²) in [5, 5.41) is 7.65. The molecule has 2 rings (SSSR count). The van der Waals surface area contributed by atoms with E-state index in [-0.39, 0.29) is 4.90 Å². The van der Waals surface area contributed by atoms with Gasteiger partial charge >= 0.3 is 0 Å². The number of benzene rings is 1. The lowest BCUT2D eigenvalue weighted by molar-refractivity contribution is 0.552. The second-order valence-electron chi connectivity index (χ2n) is 4.76. The van der Waals surface area contributed by atoms with Gasteiger partial charge in [0, 0.05) is 17.2 Å². The number of sulfonamides is 1. The molecule has 0 bridgehead atoms. The highest BCUT2D eigenvalue weighted by atomic mass is 79.9. The zero-order valence-electron chi connectivity index (χ0n) is 11.8. The normalized spacial score (nSPS) is 13.3. The van der Waals surface area contributed by atoms with E-state index in [1.807, 2.05) is 0 Å². The molecule has 1 aromatic heterocycles. The number of rotatable bonds is 4. The molecule has 0 saturated carbocycles. The molecule has 0 saturated heterocycles. The van der Waals surface area contributed by atoms with Gasteiger partial charge in [0.1, 0.15) is 12.2 Å². The van der Waals surface area contributed by atoms with Crippen LogP contribution < -0.4 is 10.5 Å². The Hall–Kier alpha value is -1.45. The van der Waals surface area contributed by atoms with E-state index in [0.717, 1.165) is 0 Å². The molecular formula is C12H16BrN5O2S. The highest BCUT2D eigenvalue weighted by molar-refractivity contribution is 9.10. The van der Waals surface area contributed by atoms with Gasteiger partial charge in [-0.2, -0.15) is 0 Å². The third-order valence-corrected chi connectivity index (χ3v) is 5.24. The van der Waals surface area contributed by atoms with Gasteiger partial charge in [-0.1, -0.05) is 15.9 Å². The lowest BCUT2D eigenvalue weighted by Gasteiger charge is -2.16. The molecule has 0 spiro atoms. The Balaban J connectivity index is 2.38. The summed E-state index contributed by atoms with van der Waals surface area (Å²) in [5.41, 5.74) is 6.74. The Kier molecular flexibility index (Phi) is 4.35. The van der Waals surface area contributed by atoms with E-state index in [4.69, 9.17) is 5.73 Å². The van der Waals surface area contributed by atoms with Crippen LogP contribution in [0.15, 0.2) is 27.8 Å². The van der Waals surface area contributed by atoms with Crippen LogP contribution in [0, 0.1) is 6.92 Å². The number of hydrogen-bond acceptors (Lipinski definition) is 5. The van der Waals surface area contributed by atoms with Gasteiger partial charge in [-0.05, 0) is 31.5 Å². The van der Waals surface area contributed by atoms with Crippen LogP contribution in [0.5, 0.6) is 0 Å². The summed E-state index contributed by atoms with van der Waals surface area (Å²) in [6.45, 7) is 3.38. The van der Waals surface area contributed by atoms with Crippen LogP contribution in [0.2, 0.25) is 0 Å². The summed E-state index contributed by atoms with van der Waals surface area (Å²) in [6.07, 6.45) is 1.52. The minimum absolute atomic E-state index is 0.142. The molecule has 1 aromatic carbocycles. The number of nitrogens with two attached hydrogens (primary N) is 1. The van der Waals surface area contributed by atoms with Crippen LogP contribution in [0.4, 0.5) is 5.69 Å². The van der Waals surface area contributed by atoms with Gasteiger partial charge < -0.3 is 10.3 Å². The van der Waals surface area contributed by atoms with E-state index >= 15 is 0 Å². The number of aromatic nitrogens is 3. The third-order valence-electron chi connectivity index (χ3n) is 3.12. The van der Waals surface area contributed by atoms with Crippen molar-refractivity contribution in [2.45, 2.75) is 24.8 Å². The molecule has 0 aliphatic carbocycles. The van der Waals surface area contributed by atoms with Crippen molar-refractivity contribution < 1.29 is 8.42 Å². The molecule has 9 heteroatoms. The monoisotopic (exact) mass is 373 g/mol. The minimum atomic E-state index is -3.72. The van der Waals surface area contributed by atoms with E-state index in [1.54, 1.807) is 31.5 Å². The predicted molar refractivity (Wildman–Crippen MR) is 83.0 cm³/mol. The molecule has 0 aliphatic heterocycles. The quantitative estimate of drug-likeness (QED) is 0.790. The Morgan fingerprint density at radius 2 is 2.10 bits per heavy atom. The molecule has 1 atom stereocenters. The minimum Gasteiger partial charge on any atom is -0.398 e. The molecule has 7 nitrogen and oxygen atoms in total. The zero-order chi connectivity index (χ0) is 15.8. The van der Waals surface area contributed by atoms with Crippen molar-refractivity contribution in [1.29, 1.82) is 0 Å². The first kappa shape index (κ1) is 15.9. The second-order valence-corrected chi connectivity index (χ2v) is 7.36. The summed E-state index contributed by atoms with van der Waals surface area (Å²) in [5.74, 6) is 0.527. The van der Waals surface area contributed by atoms with Crippen LogP contribution in [-0.4, -0.2) is 23.2 Å². The third kappa shape index (κ3) is 3.25. The van der Waals surface area contributed by atoms with Crippen molar-refractivity contribution in [3.63, 3.8) is 0 Å². The SMILES string of the molecule is Cc1c(N)cc(Br)cc1S(=O)(=O)NC(C)c1nncn1C. The van der Waals surface area contributed by atoms with Gasteiger partial charge in [0.2, 0.25) is 10.0 Å². The van der Waals surface area contributed by atoms with Crippen molar-refractivity contribution in [3.8, 4) is 0 Å². The Bertz CT molecular complexity index is 772. The standard InChI is InChI=1S/C12H16BrN5O2S/c1-7-10(14)4-9(13)5-11(7)21(19,20)17-8(2)12-16-15-6-18(12)3/h4-6,8,17H,14H2,1-3H3. The van der Waals surface area contributed by atoms with Gasteiger partial charge in [-0.3, -0.25) is 0 Å². The van der Waals surface area contributed by atoms with Gasteiger partial charge in [-0.15, -0.1) is 10.2 Å². The van der Waals surface area contributed by atoms with Crippen molar-refractivity contribution in [1.82, 2.24) is 19.5 Å². The first-order valence-corrected chi connectivity index (χ1v) is 8.42. The molecule has 1 unspecified atom stereocenters. The second kappa shape index (κ2) is 5.74. The highest BCUT2D eigenvalue weighted by Crippen LogP contribution is 2.27. The molecular weight excluding hydrogens is 358 g/mol. The molecule has 0 aliphatic rings. The number of anilines is 1. The molecule has 1 heterocycles. The van der Waals surface area contributed by atoms with Crippen molar-refractivity contribution in [2.24, 2.45) is 7.05 Å². The fraction of sp³-hybridized carbons (Fsp3) is 0.333. The summed E-state index contributed by atoms with van der Waals surface area (Å²) >= 11 is 3.26. The number of nitrogens with one attached hydrogen (secondary N) is 1. The van der Waals surface area contributed by atoms with Crippen molar-refractivity contribution in [2.75, 3.05) is 5.73 Å². The first-order valence-electron chi connectivity index (χ1n) is 6.14. The number of halogens is 1. The number of hydrogen-bond donors (Lipinski definition) is 2. The molecule has 0 amide bonds. The van der Waals surface area contributed by atoms with Crippen LogP contribution >= 0.6 is 15.9 Å². The Labute approximate surface area is 131 Å². The first-order chi connectivity index (χ1) is 9.72. The van der Waals surface area contributed by atoms with E-state index in [9.17, 15) is 8.42 Å². The molecule has 3 N–H and O–H groups in total. The fourth-order valence-corrected chi connectivity index (χ4v) is 4.11. The molecule has 21 heavy (non-hydrogen) atoms. The largest absolute Gasteiger partial charge is 0.398 e. The van der Waals surface area contributed by atoms with E-state index in [1.165, 1.54) is 12.4 Å². The molecule has 114 valence electrons. The maximum Gasteiger partial charge on any atom is 0.241 e. The van der Waals surface area contributed by atoms with Crippen molar-refractivity contribution in [3.05, 3.63) is 34.3 Å². The van der Waals surface area contributed by atoms with Gasteiger partial charge in [0.05, 0.1) is 10.9 Å². The highest BCUT2D eigenvalue weighted by Gasteiger charge is 2.23. The molecule has 0 radical (unpaired) electrons. The van der Waals surface area contributed by atoms with Crippen LogP contribution in [0.3, 0.4) is 0 Å². The van der Waals surface area contributed by atoms with E-state index in [0.29, 0.717) is 21.5 Å². The summed E-state index contributed by atoms with van der Waals surface area (Å²) < 4.78 is 29.9. The molecule has 2 aromatic rings. The average Bonchev–Trinajstić information content (AvgIpc) is 2.79. The van der Waals surface area contributed by atoms with Crippen molar-refractivity contribution >= 4 is 31.6 Å². The van der Waals surface area contributed by atoms with Crippen LogP contribution in [0.1, 0.15) is 24.4 Å². The van der Waals surface area contributed by atoms with Crippen LogP contribution in [-0.2, 0) is 17.1 Å². The maximum absolute atomic E-state index is 12.5. The number of aryl methyl sites for hydroxylation is 1. The Morgan fingerprint density at radius 1 is 1.43 bits per heavy atom. The van der Waals surface area contributed by atoms with Gasteiger partial charge in [0.15, 0.2) is 0 Å². The summed E-state index contributed by atoms with van der Waals surface area (Å²) in [4.78, 5) is 0.142. The summed E-state index contributed by atoms with van der Waals surface area (Å²) in [6, 6.07) is 2.68. The van der Waals surface area contributed by atoms with E-state index in [2.05, 4.69) is 30.8 Å². The lowest BCUT2D eigenvalue weighted by Crippen LogP contribution is -2.29. The predicted octanol–water partition coefficient (Wildman–Crippen LogP) is 1.51. The Morgan fingerprint density at radius 3 is 2.67 bits per heavy atom. The molecule has 0 fully saturated rings. The van der Waals surface area contributed by atoms with Crippen LogP contribution in [0.25, 0.3) is 0 Å². The summed E-state index contributed by atoms with van der Waals surface area (Å²) in [7, 11) is -1.97. The fourth-order valence-electron chi connectivity index (χ4n) is 1.99. The topological polar surface area (TPSA) is 103 Å². The smallest absolute Gasteiger partial charge is 0.241 e. The van der Waals surface area contributed by atoms with E-state index < -0.39 is 16.1 Å². The lowest BCUT2D eigenvalue weighted by atomic mass is 10.2. The number of nitrogens with zero attached hydrogens (tertiary/aromatic N) is 3. The zero-order valence-corrected chi connectivity index (χ0v) is 14.2.